The van der Waals surface area contributed by atoms with Crippen molar-refractivity contribution in [1.29, 1.82) is 0 Å². The largest absolute Gasteiger partial charge is 0.321 e. The molecule has 0 saturated heterocycles. The number of aromatic nitrogens is 4. The Balaban J connectivity index is 1.92. The third-order valence-electron chi connectivity index (χ3n) is 4.71. The van der Waals surface area contributed by atoms with Crippen LogP contribution in [-0.4, -0.2) is 20.0 Å². The standard InChI is InChI=1S/C22H23N5O/c1-14-12-19(25-24-14)23-20-17-10-5-6-11-18(17)21(28)27(26-20)16-9-7-8-15(13-16)22(2,3)4/h5-13H,1-4H3,(H2,23,24,25,26). The average Bonchev–Trinajstić information content (AvgIpc) is 3.08. The highest BCUT2D eigenvalue weighted by molar-refractivity contribution is 5.92. The van der Waals surface area contributed by atoms with Crippen molar-refractivity contribution in [2.45, 2.75) is 33.1 Å². The molecular weight excluding hydrogens is 350 g/mol. The number of H-pyrrole nitrogens is 1. The number of aromatic amines is 1. The molecule has 2 aromatic carbocycles. The summed E-state index contributed by atoms with van der Waals surface area (Å²) in [5.41, 5.74) is 2.65. The summed E-state index contributed by atoms with van der Waals surface area (Å²) in [5.74, 6) is 1.24. The van der Waals surface area contributed by atoms with E-state index in [0.717, 1.165) is 22.3 Å². The normalized spacial score (nSPS) is 11.7. The maximum absolute atomic E-state index is 13.1. The first-order valence-electron chi connectivity index (χ1n) is 9.25. The lowest BCUT2D eigenvalue weighted by molar-refractivity contribution is 0.589. The van der Waals surface area contributed by atoms with Gasteiger partial charge in [0.05, 0.1) is 11.1 Å². The molecule has 0 amide bonds. The molecular formula is C22H23N5O. The summed E-state index contributed by atoms with van der Waals surface area (Å²) in [6.07, 6.45) is 0. The lowest BCUT2D eigenvalue weighted by Gasteiger charge is -2.20. The van der Waals surface area contributed by atoms with Crippen LogP contribution in [0.25, 0.3) is 16.5 Å². The Hall–Kier alpha value is -3.41. The molecule has 0 aliphatic rings. The Kier molecular flexibility index (Phi) is 4.26. The average molecular weight is 373 g/mol. The topological polar surface area (TPSA) is 75.6 Å². The minimum atomic E-state index is -0.148. The van der Waals surface area contributed by atoms with E-state index in [9.17, 15) is 4.79 Å². The van der Waals surface area contributed by atoms with Gasteiger partial charge in [-0.15, -0.1) is 5.10 Å². The first-order valence-corrected chi connectivity index (χ1v) is 9.25. The van der Waals surface area contributed by atoms with Gasteiger partial charge in [0.25, 0.3) is 5.56 Å². The van der Waals surface area contributed by atoms with Crippen molar-refractivity contribution in [2.75, 3.05) is 5.32 Å². The van der Waals surface area contributed by atoms with Crippen LogP contribution in [0.3, 0.4) is 0 Å². The van der Waals surface area contributed by atoms with E-state index in [-0.39, 0.29) is 11.0 Å². The highest BCUT2D eigenvalue weighted by Gasteiger charge is 2.17. The van der Waals surface area contributed by atoms with Crippen LogP contribution in [0.5, 0.6) is 0 Å². The number of anilines is 2. The second-order valence-corrected chi connectivity index (χ2v) is 7.97. The van der Waals surface area contributed by atoms with Crippen molar-refractivity contribution in [1.82, 2.24) is 20.0 Å². The molecule has 6 nitrogen and oxygen atoms in total. The van der Waals surface area contributed by atoms with Crippen LogP contribution in [-0.2, 0) is 5.41 Å². The van der Waals surface area contributed by atoms with Crippen molar-refractivity contribution in [2.24, 2.45) is 0 Å². The summed E-state index contributed by atoms with van der Waals surface area (Å²) in [7, 11) is 0. The molecule has 2 heterocycles. The van der Waals surface area contributed by atoms with Crippen molar-refractivity contribution in [3.63, 3.8) is 0 Å². The number of aryl methyl sites for hydroxylation is 1. The molecule has 0 aliphatic heterocycles. The quantitative estimate of drug-likeness (QED) is 0.556. The molecule has 28 heavy (non-hydrogen) atoms. The molecule has 142 valence electrons. The van der Waals surface area contributed by atoms with E-state index >= 15 is 0 Å². The first kappa shape index (κ1) is 18.0. The predicted molar refractivity (Wildman–Crippen MR) is 113 cm³/mol. The van der Waals surface area contributed by atoms with Crippen molar-refractivity contribution in [3.8, 4) is 5.69 Å². The van der Waals surface area contributed by atoms with Gasteiger partial charge < -0.3 is 5.32 Å². The molecule has 0 radical (unpaired) electrons. The van der Waals surface area contributed by atoms with Crippen LogP contribution < -0.4 is 10.9 Å². The lowest BCUT2D eigenvalue weighted by Crippen LogP contribution is -2.23. The summed E-state index contributed by atoms with van der Waals surface area (Å²) >= 11 is 0. The SMILES string of the molecule is Cc1cc(Nc2nn(-c3cccc(C(C)(C)C)c3)c(=O)c3ccccc23)n[nH]1. The molecule has 0 saturated carbocycles. The number of nitrogens with zero attached hydrogens (tertiary/aromatic N) is 3. The molecule has 4 aromatic rings. The van der Waals surface area contributed by atoms with Crippen LogP contribution in [0.2, 0.25) is 0 Å². The third kappa shape index (κ3) is 3.29. The van der Waals surface area contributed by atoms with Crippen LogP contribution in [0, 0.1) is 6.92 Å². The van der Waals surface area contributed by atoms with Gasteiger partial charge in [0.2, 0.25) is 0 Å². The fraction of sp³-hybridized carbons (Fsp3) is 0.227. The number of benzene rings is 2. The molecule has 0 fully saturated rings. The van der Waals surface area contributed by atoms with Gasteiger partial charge in [-0.2, -0.15) is 9.78 Å². The van der Waals surface area contributed by atoms with Crippen LogP contribution >= 0.6 is 0 Å². The van der Waals surface area contributed by atoms with Gasteiger partial charge in [-0.05, 0) is 36.1 Å². The van der Waals surface area contributed by atoms with E-state index in [1.54, 1.807) is 0 Å². The van der Waals surface area contributed by atoms with E-state index in [1.165, 1.54) is 4.68 Å². The monoisotopic (exact) mass is 373 g/mol. The minimum absolute atomic E-state index is 0.0237. The maximum Gasteiger partial charge on any atom is 0.279 e. The Morgan fingerprint density at radius 2 is 1.75 bits per heavy atom. The van der Waals surface area contributed by atoms with Gasteiger partial charge in [0.15, 0.2) is 11.6 Å². The molecule has 4 rings (SSSR count). The molecule has 0 aliphatic carbocycles. The summed E-state index contributed by atoms with van der Waals surface area (Å²) < 4.78 is 1.46. The maximum atomic E-state index is 13.1. The lowest BCUT2D eigenvalue weighted by atomic mass is 9.87. The van der Waals surface area contributed by atoms with Crippen LogP contribution in [0.15, 0.2) is 59.4 Å². The predicted octanol–water partition coefficient (Wildman–Crippen LogP) is 4.46. The van der Waals surface area contributed by atoms with E-state index in [4.69, 9.17) is 0 Å². The molecule has 0 bridgehead atoms. The summed E-state index contributed by atoms with van der Waals surface area (Å²) in [6, 6.07) is 17.3. The molecule has 0 spiro atoms. The third-order valence-corrected chi connectivity index (χ3v) is 4.71. The van der Waals surface area contributed by atoms with Crippen LogP contribution in [0.1, 0.15) is 32.0 Å². The molecule has 2 N–H and O–H groups in total. The van der Waals surface area contributed by atoms with Gasteiger partial charge in [-0.25, -0.2) is 0 Å². The Morgan fingerprint density at radius 3 is 2.43 bits per heavy atom. The van der Waals surface area contributed by atoms with E-state index < -0.39 is 0 Å². The number of rotatable bonds is 3. The zero-order valence-electron chi connectivity index (χ0n) is 16.4. The number of hydrogen-bond acceptors (Lipinski definition) is 4. The number of nitrogens with one attached hydrogen (secondary N) is 2. The molecule has 6 heteroatoms. The fourth-order valence-electron chi connectivity index (χ4n) is 3.16. The van der Waals surface area contributed by atoms with E-state index in [0.29, 0.717) is 17.0 Å². The van der Waals surface area contributed by atoms with Crippen molar-refractivity contribution < 1.29 is 0 Å². The second-order valence-electron chi connectivity index (χ2n) is 7.97. The van der Waals surface area contributed by atoms with Crippen LogP contribution in [0.4, 0.5) is 11.6 Å². The molecule has 0 atom stereocenters. The van der Waals surface area contributed by atoms with E-state index in [1.807, 2.05) is 55.5 Å². The zero-order valence-corrected chi connectivity index (χ0v) is 16.4. The highest BCUT2D eigenvalue weighted by atomic mass is 16.1. The van der Waals surface area contributed by atoms with Gasteiger partial charge in [-0.3, -0.25) is 9.89 Å². The molecule has 2 aromatic heterocycles. The zero-order chi connectivity index (χ0) is 19.9. The second kappa shape index (κ2) is 6.64. The van der Waals surface area contributed by atoms with Gasteiger partial charge >= 0.3 is 0 Å². The Bertz CT molecular complexity index is 1210. The smallest absolute Gasteiger partial charge is 0.279 e. The van der Waals surface area contributed by atoms with Crippen molar-refractivity contribution in [3.05, 3.63) is 76.2 Å². The summed E-state index contributed by atoms with van der Waals surface area (Å²) in [4.78, 5) is 13.1. The first-order chi connectivity index (χ1) is 13.3. The number of hydrogen-bond donors (Lipinski definition) is 2. The Labute approximate surface area is 163 Å². The van der Waals surface area contributed by atoms with Crippen molar-refractivity contribution >= 4 is 22.4 Å². The number of fused-ring (bicyclic) bond motifs is 1. The fourth-order valence-corrected chi connectivity index (χ4v) is 3.16. The Morgan fingerprint density at radius 1 is 1.00 bits per heavy atom. The highest BCUT2D eigenvalue weighted by Crippen LogP contribution is 2.25. The molecule has 0 unspecified atom stereocenters. The van der Waals surface area contributed by atoms with Gasteiger partial charge in [-0.1, -0.05) is 51.1 Å². The van der Waals surface area contributed by atoms with Gasteiger partial charge in [0, 0.05) is 17.1 Å². The van der Waals surface area contributed by atoms with Gasteiger partial charge in [0.1, 0.15) is 0 Å². The summed E-state index contributed by atoms with van der Waals surface area (Å²) in [5, 5.41) is 16.4. The van der Waals surface area contributed by atoms with E-state index in [2.05, 4.69) is 47.5 Å². The minimum Gasteiger partial charge on any atom is -0.321 e. The summed E-state index contributed by atoms with van der Waals surface area (Å²) in [6.45, 7) is 8.38.